The highest BCUT2D eigenvalue weighted by atomic mass is 32.1. The van der Waals surface area contributed by atoms with E-state index in [0.29, 0.717) is 5.92 Å². The minimum atomic E-state index is 0.0195. The third-order valence-electron chi connectivity index (χ3n) is 4.14. The lowest BCUT2D eigenvalue weighted by atomic mass is 9.81. The molecule has 0 aromatic carbocycles. The number of nitrogens with zero attached hydrogens (tertiary/aromatic N) is 2. The van der Waals surface area contributed by atoms with Crippen LogP contribution in [0.5, 0.6) is 5.75 Å². The highest BCUT2D eigenvalue weighted by Gasteiger charge is 2.32. The number of hydrogen-bond donors (Lipinski definition) is 2. The Balaban J connectivity index is 2.01. The molecule has 0 saturated heterocycles. The number of aromatic nitrogens is 2. The van der Waals surface area contributed by atoms with Gasteiger partial charge in [0.05, 0.1) is 25.0 Å². The molecule has 0 spiro atoms. The molecule has 108 valence electrons. The Morgan fingerprint density at radius 3 is 3.20 bits per heavy atom. The number of hydrazine groups is 1. The van der Waals surface area contributed by atoms with Gasteiger partial charge in [0.25, 0.3) is 0 Å². The number of ether oxygens (including phenoxy) is 1. The molecular weight excluding hydrogens is 272 g/mol. The number of rotatable bonds is 4. The molecule has 6 heteroatoms. The first-order chi connectivity index (χ1) is 9.76. The number of nitrogens with one attached hydrogen (secondary N) is 1. The van der Waals surface area contributed by atoms with Crippen LogP contribution in [-0.2, 0) is 13.5 Å². The fourth-order valence-electron chi connectivity index (χ4n) is 3.19. The summed E-state index contributed by atoms with van der Waals surface area (Å²) in [5, 5.41) is 6.47. The Hall–Kier alpha value is -1.37. The third-order valence-corrected chi connectivity index (χ3v) is 5.14. The van der Waals surface area contributed by atoms with Crippen molar-refractivity contribution in [2.75, 3.05) is 7.11 Å². The third kappa shape index (κ3) is 2.13. The zero-order valence-corrected chi connectivity index (χ0v) is 12.6. The molecule has 2 aromatic heterocycles. The maximum absolute atomic E-state index is 5.87. The van der Waals surface area contributed by atoms with E-state index in [-0.39, 0.29) is 6.04 Å². The van der Waals surface area contributed by atoms with E-state index in [1.807, 2.05) is 23.1 Å². The second-order valence-corrected chi connectivity index (χ2v) is 6.16. The Morgan fingerprint density at radius 2 is 2.45 bits per heavy atom. The monoisotopic (exact) mass is 292 g/mol. The molecule has 20 heavy (non-hydrogen) atoms. The number of hydrogen-bond acceptors (Lipinski definition) is 5. The standard InChI is InChI=1S/C14H20N4OS/c1-18-14(11(19-2)8-16-18)13(17-15)10-4-3-5-12-9(10)6-7-20-12/h6-8,10,13,17H,3-5,15H2,1-2H3. The van der Waals surface area contributed by atoms with Gasteiger partial charge in [-0.25, -0.2) is 0 Å². The lowest BCUT2D eigenvalue weighted by Gasteiger charge is -2.30. The molecule has 3 rings (SSSR count). The molecule has 0 radical (unpaired) electrons. The molecule has 0 amide bonds. The van der Waals surface area contributed by atoms with Crippen molar-refractivity contribution in [3.63, 3.8) is 0 Å². The van der Waals surface area contributed by atoms with E-state index in [0.717, 1.165) is 17.9 Å². The van der Waals surface area contributed by atoms with E-state index < -0.39 is 0 Å². The maximum Gasteiger partial charge on any atom is 0.161 e. The molecule has 0 saturated carbocycles. The smallest absolute Gasteiger partial charge is 0.161 e. The largest absolute Gasteiger partial charge is 0.493 e. The lowest BCUT2D eigenvalue weighted by Crippen LogP contribution is -2.35. The molecule has 2 heterocycles. The van der Waals surface area contributed by atoms with Crippen molar-refractivity contribution in [2.24, 2.45) is 12.9 Å². The van der Waals surface area contributed by atoms with Crippen LogP contribution in [-0.4, -0.2) is 16.9 Å². The van der Waals surface area contributed by atoms with E-state index in [4.69, 9.17) is 10.6 Å². The molecule has 3 N–H and O–H groups in total. The van der Waals surface area contributed by atoms with Crippen molar-refractivity contribution in [1.29, 1.82) is 0 Å². The number of fused-ring (bicyclic) bond motifs is 1. The average molecular weight is 292 g/mol. The minimum absolute atomic E-state index is 0.0195. The van der Waals surface area contributed by atoms with Crippen molar-refractivity contribution in [2.45, 2.75) is 31.2 Å². The van der Waals surface area contributed by atoms with Crippen LogP contribution in [0.4, 0.5) is 0 Å². The van der Waals surface area contributed by atoms with Crippen molar-refractivity contribution in [3.8, 4) is 5.75 Å². The average Bonchev–Trinajstić information content (AvgIpc) is 3.07. The maximum atomic E-state index is 5.87. The topological polar surface area (TPSA) is 65.1 Å². The number of nitrogens with two attached hydrogens (primary N) is 1. The Labute approximate surface area is 122 Å². The van der Waals surface area contributed by atoms with E-state index in [2.05, 4.69) is 22.0 Å². The van der Waals surface area contributed by atoms with Crippen LogP contribution in [0.2, 0.25) is 0 Å². The number of aryl methyl sites for hydroxylation is 2. The first kappa shape index (κ1) is 13.6. The Morgan fingerprint density at radius 1 is 1.60 bits per heavy atom. The van der Waals surface area contributed by atoms with Gasteiger partial charge in [-0.3, -0.25) is 16.0 Å². The van der Waals surface area contributed by atoms with Crippen LogP contribution in [0.1, 0.15) is 40.9 Å². The minimum Gasteiger partial charge on any atom is -0.493 e. The van der Waals surface area contributed by atoms with Crippen LogP contribution < -0.4 is 16.0 Å². The molecule has 0 bridgehead atoms. The first-order valence-electron chi connectivity index (χ1n) is 6.84. The van der Waals surface area contributed by atoms with Gasteiger partial charge in [0, 0.05) is 17.8 Å². The van der Waals surface area contributed by atoms with Crippen LogP contribution in [0, 0.1) is 0 Å². The highest BCUT2D eigenvalue weighted by molar-refractivity contribution is 7.10. The molecule has 2 atom stereocenters. The normalized spacial score (nSPS) is 19.6. The van der Waals surface area contributed by atoms with Gasteiger partial charge in [0.15, 0.2) is 5.75 Å². The first-order valence-corrected chi connectivity index (χ1v) is 7.72. The quantitative estimate of drug-likeness (QED) is 0.669. The summed E-state index contributed by atoms with van der Waals surface area (Å²) in [4.78, 5) is 1.49. The zero-order chi connectivity index (χ0) is 14.1. The summed E-state index contributed by atoms with van der Waals surface area (Å²) in [6.07, 6.45) is 5.27. The molecular formula is C14H20N4OS. The zero-order valence-electron chi connectivity index (χ0n) is 11.8. The molecule has 2 unspecified atom stereocenters. The molecule has 1 aliphatic rings. The summed E-state index contributed by atoms with van der Waals surface area (Å²) < 4.78 is 7.28. The summed E-state index contributed by atoms with van der Waals surface area (Å²) in [7, 11) is 3.60. The van der Waals surface area contributed by atoms with Crippen LogP contribution >= 0.6 is 11.3 Å². The lowest BCUT2D eigenvalue weighted by molar-refractivity contribution is 0.360. The second-order valence-electron chi connectivity index (χ2n) is 5.16. The van der Waals surface area contributed by atoms with Gasteiger partial charge in [0.2, 0.25) is 0 Å². The van der Waals surface area contributed by atoms with E-state index in [1.54, 1.807) is 13.3 Å². The van der Waals surface area contributed by atoms with Crippen molar-refractivity contribution in [3.05, 3.63) is 33.8 Å². The van der Waals surface area contributed by atoms with Gasteiger partial charge in [0.1, 0.15) is 0 Å². The van der Waals surface area contributed by atoms with Gasteiger partial charge in [-0.1, -0.05) is 0 Å². The SMILES string of the molecule is COc1cnn(C)c1C(NN)C1CCCc2sccc21. The molecule has 2 aromatic rings. The van der Waals surface area contributed by atoms with Gasteiger partial charge < -0.3 is 4.74 Å². The molecule has 1 aliphatic carbocycles. The van der Waals surface area contributed by atoms with Gasteiger partial charge >= 0.3 is 0 Å². The summed E-state index contributed by atoms with van der Waals surface area (Å²) in [5.41, 5.74) is 5.42. The Kier molecular flexibility index (Phi) is 3.78. The summed E-state index contributed by atoms with van der Waals surface area (Å²) >= 11 is 1.85. The predicted molar refractivity (Wildman–Crippen MR) is 79.8 cm³/mol. The summed E-state index contributed by atoms with van der Waals surface area (Å²) in [6.45, 7) is 0. The van der Waals surface area contributed by atoms with Gasteiger partial charge in [-0.2, -0.15) is 5.10 Å². The van der Waals surface area contributed by atoms with Crippen molar-refractivity contribution in [1.82, 2.24) is 15.2 Å². The number of methoxy groups -OCH3 is 1. The van der Waals surface area contributed by atoms with Gasteiger partial charge in [-0.05, 0) is 36.3 Å². The highest BCUT2D eigenvalue weighted by Crippen LogP contribution is 2.43. The van der Waals surface area contributed by atoms with Crippen molar-refractivity contribution >= 4 is 11.3 Å². The fraction of sp³-hybridized carbons (Fsp3) is 0.500. The van der Waals surface area contributed by atoms with Crippen molar-refractivity contribution < 1.29 is 4.74 Å². The van der Waals surface area contributed by atoms with E-state index in [9.17, 15) is 0 Å². The van der Waals surface area contributed by atoms with E-state index >= 15 is 0 Å². The summed E-state index contributed by atoms with van der Waals surface area (Å²) in [6, 6.07) is 2.25. The molecule has 0 fully saturated rings. The van der Waals surface area contributed by atoms with Crippen LogP contribution in [0.25, 0.3) is 0 Å². The molecule has 0 aliphatic heterocycles. The van der Waals surface area contributed by atoms with Crippen LogP contribution in [0.3, 0.4) is 0 Å². The number of thiophene rings is 1. The summed E-state index contributed by atoms with van der Waals surface area (Å²) in [5.74, 6) is 7.03. The van der Waals surface area contributed by atoms with E-state index in [1.165, 1.54) is 23.3 Å². The predicted octanol–water partition coefficient (Wildman–Crippen LogP) is 2.11. The second kappa shape index (κ2) is 5.55. The van der Waals surface area contributed by atoms with Gasteiger partial charge in [-0.15, -0.1) is 11.3 Å². The Bertz CT molecular complexity index is 592. The molecule has 5 nitrogen and oxygen atoms in total. The fourth-order valence-corrected chi connectivity index (χ4v) is 4.19. The van der Waals surface area contributed by atoms with Crippen LogP contribution in [0.15, 0.2) is 17.6 Å².